The van der Waals surface area contributed by atoms with Gasteiger partial charge in [-0.3, -0.25) is 20.5 Å². The van der Waals surface area contributed by atoms with Crippen LogP contribution in [0.25, 0.3) is 10.2 Å². The zero-order chi connectivity index (χ0) is 18.1. The van der Waals surface area contributed by atoms with Gasteiger partial charge in [-0.15, -0.1) is 5.23 Å². The minimum atomic E-state index is -0.423. The lowest BCUT2D eigenvalue weighted by molar-refractivity contribution is 0.0291. The molecule has 0 aliphatic rings. The molecule has 25 heavy (non-hydrogen) atoms. The van der Waals surface area contributed by atoms with E-state index in [-0.39, 0.29) is 10.9 Å². The van der Waals surface area contributed by atoms with Crippen molar-refractivity contribution in [3.63, 3.8) is 0 Å². The van der Waals surface area contributed by atoms with Crippen LogP contribution in [0.5, 0.6) is 5.75 Å². The lowest BCUT2D eigenvalue weighted by Gasteiger charge is -2.09. The van der Waals surface area contributed by atoms with E-state index in [1.165, 1.54) is 37.4 Å². The van der Waals surface area contributed by atoms with Crippen LogP contribution in [0, 0.1) is 0 Å². The number of anilines is 2. The van der Waals surface area contributed by atoms with Gasteiger partial charge in [-0.1, -0.05) is 34.5 Å². The number of nitrogens with one attached hydrogen (secondary N) is 1. The quantitative estimate of drug-likeness (QED) is 0.561. The smallest absolute Gasteiger partial charge is 0.257 e. The van der Waals surface area contributed by atoms with E-state index in [1.54, 1.807) is 0 Å². The highest BCUT2D eigenvalue weighted by atomic mass is 35.5. The molecule has 3 N–H and O–H groups in total. The summed E-state index contributed by atoms with van der Waals surface area (Å²) in [6, 6.07) is 7.42. The average Bonchev–Trinajstić information content (AvgIpc) is 2.95. The Morgan fingerprint density at radius 1 is 1.20 bits per heavy atom. The third-order valence-electron chi connectivity index (χ3n) is 3.24. The molecule has 1 heterocycles. The lowest BCUT2D eigenvalue weighted by Crippen LogP contribution is -2.11. The van der Waals surface area contributed by atoms with E-state index in [2.05, 4.69) is 10.3 Å². The van der Waals surface area contributed by atoms with Crippen LogP contribution in [0.15, 0.2) is 30.3 Å². The number of hydrogen-bond donors (Lipinski definition) is 3. The second kappa shape index (κ2) is 7.03. The Balaban J connectivity index is 1.95. The minimum absolute atomic E-state index is 0.0199. The topological polar surface area (TPSA) is 94.9 Å². The molecule has 0 aliphatic carbocycles. The predicted molar refractivity (Wildman–Crippen MR) is 96.6 cm³/mol. The van der Waals surface area contributed by atoms with Crippen LogP contribution < -0.4 is 15.3 Å². The number of rotatable bonds is 4. The highest BCUT2D eigenvalue weighted by Gasteiger charge is 2.16. The van der Waals surface area contributed by atoms with Gasteiger partial charge in [-0.2, -0.15) is 0 Å². The molecule has 10 heteroatoms. The Kier molecular flexibility index (Phi) is 4.98. The molecule has 0 saturated carbocycles. The van der Waals surface area contributed by atoms with E-state index in [1.807, 2.05) is 0 Å². The number of amides is 1. The maximum atomic E-state index is 12.3. The number of halogens is 2. The summed E-state index contributed by atoms with van der Waals surface area (Å²) in [5.41, 5.74) is 0.881. The van der Waals surface area contributed by atoms with Crippen molar-refractivity contribution in [1.29, 1.82) is 0 Å². The van der Waals surface area contributed by atoms with Crippen molar-refractivity contribution in [2.45, 2.75) is 0 Å². The van der Waals surface area contributed by atoms with Crippen LogP contribution in [-0.4, -0.2) is 28.4 Å². The number of benzene rings is 2. The maximum absolute atomic E-state index is 12.3. The number of carbonyl (C=O) groups excluding carboxylic acids is 1. The van der Waals surface area contributed by atoms with Crippen LogP contribution in [0.2, 0.25) is 10.0 Å². The molecule has 7 nitrogen and oxygen atoms in total. The zero-order valence-electron chi connectivity index (χ0n) is 12.7. The van der Waals surface area contributed by atoms with Gasteiger partial charge < -0.3 is 4.74 Å². The van der Waals surface area contributed by atoms with Gasteiger partial charge in [-0.05, 0) is 24.3 Å². The zero-order valence-corrected chi connectivity index (χ0v) is 15.0. The van der Waals surface area contributed by atoms with Crippen LogP contribution in [0.3, 0.4) is 0 Å². The summed E-state index contributed by atoms with van der Waals surface area (Å²) < 4.78 is 5.80. The number of nitrogens with zero attached hydrogens (tertiary/aromatic N) is 2. The van der Waals surface area contributed by atoms with Gasteiger partial charge in [0, 0.05) is 21.7 Å². The first-order valence-electron chi connectivity index (χ1n) is 6.81. The Labute approximate surface area is 155 Å². The molecule has 0 unspecified atom stereocenters. The summed E-state index contributed by atoms with van der Waals surface area (Å²) in [6.07, 6.45) is 0. The number of carbonyl (C=O) groups is 1. The number of ether oxygens (including phenoxy) is 1. The van der Waals surface area contributed by atoms with E-state index in [0.29, 0.717) is 36.7 Å². The molecular formula is C15H11Cl2N3O4S. The number of aromatic nitrogens is 1. The normalized spacial score (nSPS) is 10.8. The average molecular weight is 400 g/mol. The van der Waals surface area contributed by atoms with Crippen molar-refractivity contribution >= 4 is 61.5 Å². The summed E-state index contributed by atoms with van der Waals surface area (Å²) in [6.45, 7) is 0. The molecule has 3 rings (SSSR count). The first-order valence-corrected chi connectivity index (χ1v) is 8.38. The second-order valence-electron chi connectivity index (χ2n) is 4.92. The summed E-state index contributed by atoms with van der Waals surface area (Å²) in [5, 5.41) is 22.0. The Morgan fingerprint density at radius 2 is 1.88 bits per heavy atom. The number of thiazole rings is 1. The van der Waals surface area contributed by atoms with Crippen LogP contribution in [-0.2, 0) is 0 Å². The van der Waals surface area contributed by atoms with E-state index < -0.39 is 5.91 Å². The first-order chi connectivity index (χ1) is 11.9. The lowest BCUT2D eigenvalue weighted by atomic mass is 10.2. The Morgan fingerprint density at radius 3 is 2.48 bits per heavy atom. The van der Waals surface area contributed by atoms with Crippen molar-refractivity contribution < 1.29 is 19.9 Å². The standard InChI is InChI=1S/C15H11Cl2N3O4S/c1-24-11-5-10(20(22)23)6-12-13(11)18-15(25-12)19-14(21)7-2-8(16)4-9(17)3-7/h2-6,22-23H,1H3,(H,18,19,21). The molecule has 0 aliphatic heterocycles. The van der Waals surface area contributed by atoms with Crippen LogP contribution in [0.4, 0.5) is 10.8 Å². The van der Waals surface area contributed by atoms with E-state index in [4.69, 9.17) is 27.9 Å². The van der Waals surface area contributed by atoms with Gasteiger partial charge >= 0.3 is 0 Å². The molecule has 0 spiro atoms. The minimum Gasteiger partial charge on any atom is -0.494 e. The molecule has 1 amide bonds. The Bertz CT molecular complexity index is 941. The third-order valence-corrected chi connectivity index (χ3v) is 4.60. The Hall–Kier alpha value is -2.10. The van der Waals surface area contributed by atoms with Gasteiger partial charge in [0.05, 0.1) is 17.5 Å². The predicted octanol–water partition coefficient (Wildman–Crippen LogP) is 4.45. The highest BCUT2D eigenvalue weighted by molar-refractivity contribution is 7.22. The number of fused-ring (bicyclic) bond motifs is 1. The molecular weight excluding hydrogens is 389 g/mol. The molecule has 3 aromatic rings. The molecule has 130 valence electrons. The van der Waals surface area contributed by atoms with E-state index in [9.17, 15) is 15.2 Å². The van der Waals surface area contributed by atoms with Crippen molar-refractivity contribution in [3.8, 4) is 5.75 Å². The van der Waals surface area contributed by atoms with Crippen LogP contribution >= 0.6 is 34.5 Å². The molecule has 1 aromatic heterocycles. The van der Waals surface area contributed by atoms with Crippen molar-refractivity contribution in [3.05, 3.63) is 45.9 Å². The fourth-order valence-electron chi connectivity index (χ4n) is 2.16. The molecule has 0 atom stereocenters. The summed E-state index contributed by atoms with van der Waals surface area (Å²) in [5.74, 6) is -0.0864. The number of methoxy groups -OCH3 is 1. The largest absolute Gasteiger partial charge is 0.494 e. The monoisotopic (exact) mass is 399 g/mol. The van der Waals surface area contributed by atoms with Crippen LogP contribution in [0.1, 0.15) is 10.4 Å². The summed E-state index contributed by atoms with van der Waals surface area (Å²) in [7, 11) is 1.43. The first kappa shape index (κ1) is 17.7. The maximum Gasteiger partial charge on any atom is 0.257 e. The van der Waals surface area contributed by atoms with Gasteiger partial charge in [0.1, 0.15) is 11.3 Å². The van der Waals surface area contributed by atoms with Crippen molar-refractivity contribution in [2.24, 2.45) is 0 Å². The van der Waals surface area contributed by atoms with E-state index in [0.717, 1.165) is 11.3 Å². The van der Waals surface area contributed by atoms with Gasteiger partial charge in [0.25, 0.3) is 5.91 Å². The second-order valence-corrected chi connectivity index (χ2v) is 6.82. The van der Waals surface area contributed by atoms with Gasteiger partial charge in [0.15, 0.2) is 5.13 Å². The fourth-order valence-corrected chi connectivity index (χ4v) is 3.60. The molecule has 0 bridgehead atoms. The SMILES string of the molecule is COc1cc(N(O)O)cc2sc(NC(=O)c3cc(Cl)cc(Cl)c3)nc12. The molecule has 0 radical (unpaired) electrons. The van der Waals surface area contributed by atoms with Gasteiger partial charge in [0.2, 0.25) is 0 Å². The third kappa shape index (κ3) is 3.78. The number of hydrogen-bond acceptors (Lipinski definition) is 7. The summed E-state index contributed by atoms with van der Waals surface area (Å²) >= 11 is 13.0. The van der Waals surface area contributed by atoms with E-state index >= 15 is 0 Å². The van der Waals surface area contributed by atoms with Gasteiger partial charge in [-0.25, -0.2) is 4.98 Å². The molecule has 0 fully saturated rings. The summed E-state index contributed by atoms with van der Waals surface area (Å²) in [4.78, 5) is 16.7. The molecule has 2 aromatic carbocycles. The fraction of sp³-hybridized carbons (Fsp3) is 0.0667. The van der Waals surface area contributed by atoms with Crippen molar-refractivity contribution in [1.82, 2.24) is 4.98 Å². The highest BCUT2D eigenvalue weighted by Crippen LogP contribution is 2.36. The molecule has 0 saturated heterocycles. The van der Waals surface area contributed by atoms with Crippen molar-refractivity contribution in [2.75, 3.05) is 17.7 Å².